The molecule has 0 bridgehead atoms. The highest BCUT2D eigenvalue weighted by Gasteiger charge is 2.18. The molecule has 2 heteroatoms. The maximum absolute atomic E-state index is 10.3. The second-order valence-corrected chi connectivity index (χ2v) is 5.31. The molecule has 16 heavy (non-hydrogen) atoms. The van der Waals surface area contributed by atoms with E-state index in [9.17, 15) is 5.11 Å². The molecule has 0 spiro atoms. The van der Waals surface area contributed by atoms with Gasteiger partial charge in [0.15, 0.2) is 0 Å². The largest absolute Gasteiger partial charge is 0.388 e. The Kier molecular flexibility index (Phi) is 3.62. The van der Waals surface area contributed by atoms with Crippen LogP contribution in [0.1, 0.15) is 38.4 Å². The fourth-order valence-electron chi connectivity index (χ4n) is 2.15. The lowest BCUT2D eigenvalue weighted by Crippen LogP contribution is -2.08. The van der Waals surface area contributed by atoms with Crippen LogP contribution in [0.3, 0.4) is 0 Å². The van der Waals surface area contributed by atoms with Crippen molar-refractivity contribution in [2.45, 2.75) is 32.8 Å². The van der Waals surface area contributed by atoms with E-state index in [1.54, 1.807) is 11.3 Å². The number of benzene rings is 1. The van der Waals surface area contributed by atoms with Crippen LogP contribution in [-0.2, 0) is 0 Å². The number of fused-ring (bicyclic) bond motifs is 1. The first-order valence-electron chi connectivity index (χ1n) is 5.88. The summed E-state index contributed by atoms with van der Waals surface area (Å²) in [7, 11) is 0. The van der Waals surface area contributed by atoms with Crippen LogP contribution in [0.2, 0.25) is 0 Å². The lowest BCUT2D eigenvalue weighted by Gasteiger charge is -2.17. The van der Waals surface area contributed by atoms with E-state index in [2.05, 4.69) is 31.4 Å². The predicted molar refractivity (Wildman–Crippen MR) is 70.9 cm³/mol. The SMILES string of the molecule is CCCC(C)C(O)c1csc2ccccc12. The van der Waals surface area contributed by atoms with Gasteiger partial charge in [-0.15, -0.1) is 11.3 Å². The van der Waals surface area contributed by atoms with Crippen LogP contribution < -0.4 is 0 Å². The number of thiophene rings is 1. The second-order valence-electron chi connectivity index (χ2n) is 4.40. The molecule has 1 N–H and O–H groups in total. The number of aliphatic hydroxyl groups is 1. The molecule has 86 valence electrons. The Morgan fingerprint density at radius 2 is 2.06 bits per heavy atom. The minimum Gasteiger partial charge on any atom is -0.388 e. The third-order valence-corrected chi connectivity index (χ3v) is 4.09. The first-order valence-corrected chi connectivity index (χ1v) is 6.76. The van der Waals surface area contributed by atoms with Crippen molar-refractivity contribution < 1.29 is 5.11 Å². The highest BCUT2D eigenvalue weighted by atomic mass is 32.1. The maximum Gasteiger partial charge on any atom is 0.0829 e. The van der Waals surface area contributed by atoms with Crippen molar-refractivity contribution in [1.29, 1.82) is 0 Å². The van der Waals surface area contributed by atoms with E-state index in [0.717, 1.165) is 18.4 Å². The van der Waals surface area contributed by atoms with Gasteiger partial charge in [0.1, 0.15) is 0 Å². The van der Waals surface area contributed by atoms with Gasteiger partial charge in [0.25, 0.3) is 0 Å². The summed E-state index contributed by atoms with van der Waals surface area (Å²) < 4.78 is 1.26. The molecule has 1 heterocycles. The molecular formula is C14H18OS. The standard InChI is InChI=1S/C14H18OS/c1-3-6-10(2)14(15)12-9-16-13-8-5-4-7-11(12)13/h4-5,7-10,14-15H,3,6H2,1-2H3. The molecule has 0 saturated carbocycles. The molecule has 1 nitrogen and oxygen atoms in total. The smallest absolute Gasteiger partial charge is 0.0829 e. The molecule has 0 saturated heterocycles. The second kappa shape index (κ2) is 4.98. The van der Waals surface area contributed by atoms with Gasteiger partial charge in [-0.3, -0.25) is 0 Å². The van der Waals surface area contributed by atoms with Crippen molar-refractivity contribution in [1.82, 2.24) is 0 Å². The molecule has 2 aromatic rings. The Labute approximate surface area is 101 Å². The van der Waals surface area contributed by atoms with E-state index in [1.807, 2.05) is 12.1 Å². The normalized spacial score (nSPS) is 15.2. The predicted octanol–water partition coefficient (Wildman–Crippen LogP) is 4.37. The van der Waals surface area contributed by atoms with Gasteiger partial charge in [-0.1, -0.05) is 38.5 Å². The lowest BCUT2D eigenvalue weighted by atomic mass is 9.93. The third-order valence-electron chi connectivity index (χ3n) is 3.11. The fourth-order valence-corrected chi connectivity index (χ4v) is 3.14. The van der Waals surface area contributed by atoms with E-state index in [1.165, 1.54) is 10.1 Å². The van der Waals surface area contributed by atoms with Gasteiger partial charge in [-0.25, -0.2) is 0 Å². The molecule has 0 radical (unpaired) electrons. The van der Waals surface area contributed by atoms with Crippen LogP contribution in [0, 0.1) is 5.92 Å². The van der Waals surface area contributed by atoms with Crippen molar-refractivity contribution in [2.75, 3.05) is 0 Å². The van der Waals surface area contributed by atoms with E-state index >= 15 is 0 Å². The first-order chi connectivity index (χ1) is 7.74. The van der Waals surface area contributed by atoms with E-state index in [0.29, 0.717) is 5.92 Å². The fraction of sp³-hybridized carbons (Fsp3) is 0.429. The lowest BCUT2D eigenvalue weighted by molar-refractivity contribution is 0.114. The average molecular weight is 234 g/mol. The monoisotopic (exact) mass is 234 g/mol. The number of hydrogen-bond donors (Lipinski definition) is 1. The zero-order chi connectivity index (χ0) is 11.5. The van der Waals surface area contributed by atoms with Gasteiger partial charge in [-0.2, -0.15) is 0 Å². The molecule has 2 rings (SSSR count). The molecule has 0 aliphatic carbocycles. The Balaban J connectivity index is 2.32. The van der Waals surface area contributed by atoms with Crippen LogP contribution >= 0.6 is 11.3 Å². The molecule has 0 aliphatic heterocycles. The van der Waals surface area contributed by atoms with Crippen LogP contribution in [0.5, 0.6) is 0 Å². The molecule has 2 unspecified atom stereocenters. The molecule has 0 fully saturated rings. The van der Waals surface area contributed by atoms with E-state index < -0.39 is 0 Å². The molecule has 0 amide bonds. The number of rotatable bonds is 4. The van der Waals surface area contributed by atoms with Crippen LogP contribution in [0.25, 0.3) is 10.1 Å². The molecule has 1 aromatic heterocycles. The Hall–Kier alpha value is -0.860. The summed E-state index contributed by atoms with van der Waals surface area (Å²) in [6.45, 7) is 4.29. The summed E-state index contributed by atoms with van der Waals surface area (Å²) in [6, 6.07) is 8.30. The molecule has 0 aliphatic rings. The highest BCUT2D eigenvalue weighted by Crippen LogP contribution is 2.34. The van der Waals surface area contributed by atoms with Gasteiger partial charge in [0.05, 0.1) is 6.10 Å². The number of aliphatic hydroxyl groups excluding tert-OH is 1. The van der Waals surface area contributed by atoms with Gasteiger partial charge < -0.3 is 5.11 Å². The summed E-state index contributed by atoms with van der Waals surface area (Å²) in [6.07, 6.45) is 1.88. The Morgan fingerprint density at radius 3 is 2.81 bits per heavy atom. The van der Waals surface area contributed by atoms with Gasteiger partial charge in [-0.05, 0) is 34.7 Å². The molecule has 2 atom stereocenters. The van der Waals surface area contributed by atoms with Crippen molar-refractivity contribution >= 4 is 21.4 Å². The minimum atomic E-state index is -0.323. The van der Waals surface area contributed by atoms with Crippen molar-refractivity contribution in [3.63, 3.8) is 0 Å². The summed E-state index contributed by atoms with van der Waals surface area (Å²) in [5.74, 6) is 0.336. The molecular weight excluding hydrogens is 216 g/mol. The van der Waals surface area contributed by atoms with Crippen LogP contribution in [-0.4, -0.2) is 5.11 Å². The number of hydrogen-bond acceptors (Lipinski definition) is 2. The van der Waals surface area contributed by atoms with Gasteiger partial charge >= 0.3 is 0 Å². The van der Waals surface area contributed by atoms with Crippen molar-refractivity contribution in [3.05, 3.63) is 35.2 Å². The third kappa shape index (κ3) is 2.13. The van der Waals surface area contributed by atoms with Gasteiger partial charge in [0, 0.05) is 4.70 Å². The van der Waals surface area contributed by atoms with E-state index in [4.69, 9.17) is 0 Å². The topological polar surface area (TPSA) is 20.2 Å². The van der Waals surface area contributed by atoms with Gasteiger partial charge in [0.2, 0.25) is 0 Å². The summed E-state index contributed by atoms with van der Waals surface area (Å²) in [5, 5.41) is 13.6. The first kappa shape index (κ1) is 11.6. The summed E-state index contributed by atoms with van der Waals surface area (Å²) >= 11 is 1.72. The summed E-state index contributed by atoms with van der Waals surface area (Å²) in [5.41, 5.74) is 1.10. The van der Waals surface area contributed by atoms with Crippen molar-refractivity contribution in [3.8, 4) is 0 Å². The average Bonchev–Trinajstić information content (AvgIpc) is 2.72. The van der Waals surface area contributed by atoms with E-state index in [-0.39, 0.29) is 6.10 Å². The zero-order valence-corrected chi connectivity index (χ0v) is 10.6. The maximum atomic E-state index is 10.3. The summed E-state index contributed by atoms with van der Waals surface area (Å²) in [4.78, 5) is 0. The Bertz CT molecular complexity index is 460. The Morgan fingerprint density at radius 1 is 1.31 bits per heavy atom. The quantitative estimate of drug-likeness (QED) is 0.832. The highest BCUT2D eigenvalue weighted by molar-refractivity contribution is 7.17. The minimum absolute atomic E-state index is 0.323. The van der Waals surface area contributed by atoms with Crippen molar-refractivity contribution in [2.24, 2.45) is 5.92 Å². The molecule has 1 aromatic carbocycles. The van der Waals surface area contributed by atoms with Crippen LogP contribution in [0.4, 0.5) is 0 Å². The zero-order valence-electron chi connectivity index (χ0n) is 9.81. The van der Waals surface area contributed by atoms with Crippen LogP contribution in [0.15, 0.2) is 29.6 Å².